The Hall–Kier alpha value is -1.91. The molecule has 90 valence electrons. The smallest absolute Gasteiger partial charge is 0.229 e. The van der Waals surface area contributed by atoms with Gasteiger partial charge in [-0.3, -0.25) is 14.5 Å². The van der Waals surface area contributed by atoms with Gasteiger partial charge in [0.15, 0.2) is 0 Å². The second-order valence-corrected chi connectivity index (χ2v) is 4.03. The van der Waals surface area contributed by atoms with Crippen LogP contribution in [-0.2, 0) is 16.1 Å². The van der Waals surface area contributed by atoms with Gasteiger partial charge >= 0.3 is 0 Å². The zero-order chi connectivity index (χ0) is 12.4. The average Bonchev–Trinajstić information content (AvgIpc) is 2.27. The number of likely N-dealkylation sites (tertiary alicyclic amines) is 1. The Morgan fingerprint density at radius 3 is 2.47 bits per heavy atom. The van der Waals surface area contributed by atoms with Crippen LogP contribution < -0.4 is 5.73 Å². The predicted octanol–water partition coefficient (Wildman–Crippen LogP) is 1.45. The van der Waals surface area contributed by atoms with Gasteiger partial charge < -0.3 is 5.73 Å². The van der Waals surface area contributed by atoms with E-state index >= 15 is 0 Å². The molecular formula is C12H13FN2O2. The van der Waals surface area contributed by atoms with Crippen molar-refractivity contribution < 1.29 is 14.0 Å². The van der Waals surface area contributed by atoms with Crippen LogP contribution in [0.4, 0.5) is 10.1 Å². The van der Waals surface area contributed by atoms with Crippen LogP contribution in [-0.4, -0.2) is 16.7 Å². The fraction of sp³-hybridized carbons (Fsp3) is 0.333. The van der Waals surface area contributed by atoms with Crippen LogP contribution in [0.25, 0.3) is 0 Å². The van der Waals surface area contributed by atoms with Crippen molar-refractivity contribution in [3.8, 4) is 0 Å². The highest BCUT2D eigenvalue weighted by molar-refractivity contribution is 5.97. The van der Waals surface area contributed by atoms with Gasteiger partial charge in [0.05, 0.1) is 6.54 Å². The lowest BCUT2D eigenvalue weighted by molar-refractivity contribution is -0.148. The van der Waals surface area contributed by atoms with E-state index in [2.05, 4.69) is 0 Å². The summed E-state index contributed by atoms with van der Waals surface area (Å²) >= 11 is 0. The summed E-state index contributed by atoms with van der Waals surface area (Å²) in [6.07, 6.45) is 1.24. The first-order chi connectivity index (χ1) is 8.09. The Bertz CT molecular complexity index is 437. The number of carbonyl (C=O) groups excluding carboxylic acids is 2. The van der Waals surface area contributed by atoms with Crippen molar-refractivity contribution in [2.24, 2.45) is 0 Å². The SMILES string of the molecule is Nc1cccc(F)c1CN1C(=O)CCCC1=O. The number of hydrogen-bond donors (Lipinski definition) is 1. The molecule has 0 spiro atoms. The van der Waals surface area contributed by atoms with Gasteiger partial charge in [0, 0.05) is 24.1 Å². The molecule has 0 unspecified atom stereocenters. The number of carbonyl (C=O) groups is 2. The Labute approximate surface area is 98.2 Å². The lowest BCUT2D eigenvalue weighted by Gasteiger charge is -2.25. The second-order valence-electron chi connectivity index (χ2n) is 4.03. The quantitative estimate of drug-likeness (QED) is 0.624. The summed E-state index contributed by atoms with van der Waals surface area (Å²) < 4.78 is 13.5. The summed E-state index contributed by atoms with van der Waals surface area (Å²) in [4.78, 5) is 24.2. The topological polar surface area (TPSA) is 63.4 Å². The van der Waals surface area contributed by atoms with Crippen LogP contribution in [0.1, 0.15) is 24.8 Å². The minimum absolute atomic E-state index is 0.0732. The van der Waals surface area contributed by atoms with E-state index in [9.17, 15) is 14.0 Å². The molecule has 17 heavy (non-hydrogen) atoms. The summed E-state index contributed by atoms with van der Waals surface area (Å²) in [5.41, 5.74) is 6.11. The fourth-order valence-corrected chi connectivity index (χ4v) is 1.88. The monoisotopic (exact) mass is 236 g/mol. The number of benzene rings is 1. The molecule has 4 nitrogen and oxygen atoms in total. The van der Waals surface area contributed by atoms with Crippen molar-refractivity contribution in [2.75, 3.05) is 5.73 Å². The molecule has 1 aliphatic rings. The maximum atomic E-state index is 13.5. The zero-order valence-corrected chi connectivity index (χ0v) is 9.28. The van der Waals surface area contributed by atoms with Crippen molar-refractivity contribution >= 4 is 17.5 Å². The number of nitrogen functional groups attached to an aromatic ring is 1. The third-order valence-electron chi connectivity index (χ3n) is 2.85. The molecule has 0 radical (unpaired) electrons. The van der Waals surface area contributed by atoms with Crippen LogP contribution >= 0.6 is 0 Å². The highest BCUT2D eigenvalue weighted by Crippen LogP contribution is 2.21. The molecule has 1 saturated heterocycles. The molecule has 0 saturated carbocycles. The van der Waals surface area contributed by atoms with E-state index < -0.39 is 5.82 Å². The molecule has 5 heteroatoms. The van der Waals surface area contributed by atoms with Crippen LogP contribution in [0.3, 0.4) is 0 Å². The zero-order valence-electron chi connectivity index (χ0n) is 9.28. The summed E-state index contributed by atoms with van der Waals surface area (Å²) in [5.74, 6) is -1.01. The van der Waals surface area contributed by atoms with E-state index in [-0.39, 0.29) is 29.6 Å². The van der Waals surface area contributed by atoms with E-state index in [1.165, 1.54) is 12.1 Å². The predicted molar refractivity (Wildman–Crippen MR) is 60.2 cm³/mol. The summed E-state index contributed by atoms with van der Waals surface area (Å²) in [5, 5.41) is 0. The van der Waals surface area contributed by atoms with E-state index in [0.717, 1.165) is 4.90 Å². The van der Waals surface area contributed by atoms with E-state index in [1.807, 2.05) is 0 Å². The average molecular weight is 236 g/mol. The lowest BCUT2D eigenvalue weighted by Crippen LogP contribution is -2.39. The number of rotatable bonds is 2. The standard InChI is InChI=1S/C12H13FN2O2/c13-9-3-1-4-10(14)8(9)7-15-11(16)5-2-6-12(15)17/h1,3-4H,2,5-7,14H2. The minimum Gasteiger partial charge on any atom is -0.398 e. The molecule has 1 aromatic rings. The van der Waals surface area contributed by atoms with Gasteiger partial charge in [0.2, 0.25) is 11.8 Å². The van der Waals surface area contributed by atoms with Gasteiger partial charge in [0.1, 0.15) is 5.82 Å². The lowest BCUT2D eigenvalue weighted by atomic mass is 10.1. The van der Waals surface area contributed by atoms with Crippen molar-refractivity contribution in [1.82, 2.24) is 4.90 Å². The Morgan fingerprint density at radius 1 is 1.24 bits per heavy atom. The molecule has 1 fully saturated rings. The van der Waals surface area contributed by atoms with Gasteiger partial charge in [-0.25, -0.2) is 4.39 Å². The number of imide groups is 1. The Morgan fingerprint density at radius 2 is 1.88 bits per heavy atom. The molecule has 0 atom stereocenters. The normalized spacial score (nSPS) is 16.4. The third kappa shape index (κ3) is 2.27. The maximum Gasteiger partial charge on any atom is 0.229 e. The Balaban J connectivity index is 2.25. The highest BCUT2D eigenvalue weighted by atomic mass is 19.1. The largest absolute Gasteiger partial charge is 0.398 e. The number of halogens is 1. The minimum atomic E-state index is -0.490. The molecule has 2 N–H and O–H groups in total. The van der Waals surface area contributed by atoms with Crippen molar-refractivity contribution in [3.05, 3.63) is 29.6 Å². The Kier molecular flexibility index (Phi) is 3.08. The van der Waals surface area contributed by atoms with Gasteiger partial charge in [-0.2, -0.15) is 0 Å². The molecule has 0 aromatic heterocycles. The van der Waals surface area contributed by atoms with Gasteiger partial charge in [0.25, 0.3) is 0 Å². The van der Waals surface area contributed by atoms with Crippen molar-refractivity contribution in [2.45, 2.75) is 25.8 Å². The number of piperidine rings is 1. The van der Waals surface area contributed by atoms with Crippen LogP contribution in [0.2, 0.25) is 0 Å². The molecule has 2 rings (SSSR count). The number of hydrogen-bond acceptors (Lipinski definition) is 3. The maximum absolute atomic E-state index is 13.5. The van der Waals surface area contributed by atoms with E-state index in [1.54, 1.807) is 6.07 Å². The van der Waals surface area contributed by atoms with Gasteiger partial charge in [-0.1, -0.05) is 6.07 Å². The highest BCUT2D eigenvalue weighted by Gasteiger charge is 2.27. The van der Waals surface area contributed by atoms with Crippen LogP contribution in [0.5, 0.6) is 0 Å². The number of amides is 2. The number of anilines is 1. The molecule has 1 aliphatic heterocycles. The molecular weight excluding hydrogens is 223 g/mol. The number of nitrogens with two attached hydrogens (primary N) is 1. The van der Waals surface area contributed by atoms with Gasteiger partial charge in [-0.15, -0.1) is 0 Å². The second kappa shape index (κ2) is 4.53. The first-order valence-corrected chi connectivity index (χ1v) is 5.45. The summed E-state index contributed by atoms with van der Waals surface area (Å²) in [7, 11) is 0. The summed E-state index contributed by atoms with van der Waals surface area (Å²) in [6, 6.07) is 4.32. The third-order valence-corrected chi connectivity index (χ3v) is 2.85. The summed E-state index contributed by atoms with van der Waals surface area (Å²) in [6.45, 7) is -0.0732. The van der Waals surface area contributed by atoms with Gasteiger partial charge in [-0.05, 0) is 18.6 Å². The molecule has 0 aliphatic carbocycles. The fourth-order valence-electron chi connectivity index (χ4n) is 1.88. The van der Waals surface area contributed by atoms with Crippen LogP contribution in [0, 0.1) is 5.82 Å². The van der Waals surface area contributed by atoms with Crippen LogP contribution in [0.15, 0.2) is 18.2 Å². The molecule has 1 aromatic carbocycles. The van der Waals surface area contributed by atoms with E-state index in [0.29, 0.717) is 19.3 Å². The first kappa shape index (κ1) is 11.6. The van der Waals surface area contributed by atoms with Crippen molar-refractivity contribution in [3.63, 3.8) is 0 Å². The molecule has 2 amide bonds. The molecule has 1 heterocycles. The molecule has 0 bridgehead atoms. The first-order valence-electron chi connectivity index (χ1n) is 5.45. The number of nitrogens with zero attached hydrogens (tertiary/aromatic N) is 1. The van der Waals surface area contributed by atoms with Crippen molar-refractivity contribution in [1.29, 1.82) is 0 Å². The van der Waals surface area contributed by atoms with E-state index in [4.69, 9.17) is 5.73 Å².